The van der Waals surface area contributed by atoms with Crippen molar-refractivity contribution >= 4 is 28.9 Å². The minimum absolute atomic E-state index is 0.0333. The predicted molar refractivity (Wildman–Crippen MR) is 91.1 cm³/mol. The normalized spacial score (nSPS) is 12.5. The smallest absolute Gasteiger partial charge is 0.390 e. The third-order valence-corrected chi connectivity index (χ3v) is 3.68. The van der Waals surface area contributed by atoms with E-state index in [0.29, 0.717) is 5.69 Å². The number of benzene rings is 2. The maximum Gasteiger partial charge on any atom is 0.416 e. The Morgan fingerprint density at radius 2 is 1.88 bits per heavy atom. The molecular weight excluding hydrogens is 357 g/mol. The van der Waals surface area contributed by atoms with Gasteiger partial charge >= 0.3 is 6.18 Å². The summed E-state index contributed by atoms with van der Waals surface area (Å²) in [5.74, 6) is -0.534. The molecule has 2 aromatic rings. The lowest BCUT2D eigenvalue weighted by Crippen LogP contribution is -2.22. The Balaban J connectivity index is 2.16. The molecule has 0 aromatic heterocycles. The van der Waals surface area contributed by atoms with Crippen molar-refractivity contribution in [2.45, 2.75) is 12.3 Å². The molecule has 0 bridgehead atoms. The zero-order valence-corrected chi connectivity index (χ0v) is 13.7. The lowest BCUT2D eigenvalue weighted by molar-refractivity contribution is -0.137. The molecule has 0 fully saturated rings. The van der Waals surface area contributed by atoms with Gasteiger partial charge in [0, 0.05) is 17.9 Å². The van der Waals surface area contributed by atoms with Crippen LogP contribution in [0.1, 0.15) is 15.9 Å². The van der Waals surface area contributed by atoms with Gasteiger partial charge in [-0.25, -0.2) is 0 Å². The molecular formula is C17H16ClF3N2O2. The van der Waals surface area contributed by atoms with Crippen molar-refractivity contribution in [1.82, 2.24) is 0 Å². The van der Waals surface area contributed by atoms with E-state index in [1.165, 1.54) is 18.2 Å². The van der Waals surface area contributed by atoms with Gasteiger partial charge in [0.05, 0.1) is 23.1 Å². The molecule has 4 nitrogen and oxygen atoms in total. The fourth-order valence-electron chi connectivity index (χ4n) is 2.09. The standard InChI is InChI=1S/C17H16ClF3N2O2/c18-9-13(24)10-22-15-7-2-1-6-14(15)16(25)23-12-5-3-4-11(8-12)17(19,20)21/h1-8,13,22,24H,9-10H2,(H,23,25). The maximum absolute atomic E-state index is 12.7. The monoisotopic (exact) mass is 372 g/mol. The zero-order chi connectivity index (χ0) is 18.4. The van der Waals surface area contributed by atoms with Crippen molar-refractivity contribution in [1.29, 1.82) is 0 Å². The zero-order valence-electron chi connectivity index (χ0n) is 13.0. The van der Waals surface area contributed by atoms with Gasteiger partial charge in [-0.15, -0.1) is 11.6 Å². The molecule has 0 aliphatic carbocycles. The van der Waals surface area contributed by atoms with Crippen LogP contribution >= 0.6 is 11.6 Å². The fourth-order valence-corrected chi connectivity index (χ4v) is 2.20. The highest BCUT2D eigenvalue weighted by Crippen LogP contribution is 2.30. The maximum atomic E-state index is 12.7. The number of halogens is 4. The topological polar surface area (TPSA) is 61.4 Å². The fraction of sp³-hybridized carbons (Fsp3) is 0.235. The molecule has 0 saturated carbocycles. The van der Waals surface area contributed by atoms with Crippen LogP contribution in [0.4, 0.5) is 24.5 Å². The number of anilines is 2. The summed E-state index contributed by atoms with van der Waals surface area (Å²) in [5, 5.41) is 14.8. The van der Waals surface area contributed by atoms with Crippen LogP contribution in [0.15, 0.2) is 48.5 Å². The first-order chi connectivity index (χ1) is 11.8. The van der Waals surface area contributed by atoms with Crippen molar-refractivity contribution in [3.05, 3.63) is 59.7 Å². The van der Waals surface area contributed by atoms with Gasteiger partial charge in [0.25, 0.3) is 5.91 Å². The van der Waals surface area contributed by atoms with E-state index in [9.17, 15) is 23.1 Å². The summed E-state index contributed by atoms with van der Waals surface area (Å²) in [6.07, 6.45) is -5.28. The van der Waals surface area contributed by atoms with Crippen LogP contribution in [0.5, 0.6) is 0 Å². The lowest BCUT2D eigenvalue weighted by atomic mass is 10.1. The summed E-state index contributed by atoms with van der Waals surface area (Å²) in [7, 11) is 0. The van der Waals surface area contributed by atoms with Gasteiger partial charge in [-0.2, -0.15) is 13.2 Å². The van der Waals surface area contributed by atoms with E-state index in [0.717, 1.165) is 12.1 Å². The first-order valence-electron chi connectivity index (χ1n) is 7.37. The average Bonchev–Trinajstić information content (AvgIpc) is 2.59. The summed E-state index contributed by atoms with van der Waals surface area (Å²) >= 11 is 5.52. The third-order valence-electron chi connectivity index (χ3n) is 3.33. The Hall–Kier alpha value is -2.25. The molecule has 0 heterocycles. The van der Waals surface area contributed by atoms with E-state index in [2.05, 4.69) is 10.6 Å². The van der Waals surface area contributed by atoms with Crippen molar-refractivity contribution in [3.8, 4) is 0 Å². The van der Waals surface area contributed by atoms with E-state index in [1.54, 1.807) is 18.2 Å². The molecule has 2 rings (SSSR count). The second-order valence-corrected chi connectivity index (χ2v) is 5.58. The first kappa shape index (κ1) is 19.1. The van der Waals surface area contributed by atoms with Gasteiger partial charge in [-0.3, -0.25) is 4.79 Å². The second-order valence-electron chi connectivity index (χ2n) is 5.27. The second kappa shape index (κ2) is 8.22. The molecule has 0 spiro atoms. The summed E-state index contributed by atoms with van der Waals surface area (Å²) in [6.45, 7) is 0.136. The van der Waals surface area contributed by atoms with Crippen LogP contribution in [0.3, 0.4) is 0 Å². The lowest BCUT2D eigenvalue weighted by Gasteiger charge is -2.14. The quantitative estimate of drug-likeness (QED) is 0.672. The summed E-state index contributed by atoms with van der Waals surface area (Å²) in [6, 6.07) is 10.9. The molecule has 25 heavy (non-hydrogen) atoms. The van der Waals surface area contributed by atoms with E-state index >= 15 is 0 Å². The summed E-state index contributed by atoms with van der Waals surface area (Å²) in [4.78, 5) is 12.4. The van der Waals surface area contributed by atoms with Crippen LogP contribution in [-0.2, 0) is 6.18 Å². The van der Waals surface area contributed by atoms with Crippen molar-refractivity contribution in [2.24, 2.45) is 0 Å². The number of carbonyl (C=O) groups excluding carboxylic acids is 1. The Kier molecular flexibility index (Phi) is 6.27. The number of carbonyl (C=O) groups is 1. The van der Waals surface area contributed by atoms with Gasteiger partial charge < -0.3 is 15.7 Å². The number of alkyl halides is 4. The third kappa shape index (κ3) is 5.37. The van der Waals surface area contributed by atoms with Crippen LogP contribution < -0.4 is 10.6 Å². The minimum atomic E-state index is -4.49. The Bertz CT molecular complexity index is 738. The Morgan fingerprint density at radius 1 is 1.16 bits per heavy atom. The molecule has 134 valence electrons. The van der Waals surface area contributed by atoms with Crippen molar-refractivity contribution < 1.29 is 23.1 Å². The highest BCUT2D eigenvalue weighted by molar-refractivity contribution is 6.18. The molecule has 1 atom stereocenters. The molecule has 2 aromatic carbocycles. The molecule has 0 aliphatic rings. The molecule has 0 aliphatic heterocycles. The van der Waals surface area contributed by atoms with Crippen molar-refractivity contribution in [2.75, 3.05) is 23.1 Å². The van der Waals surface area contributed by atoms with Gasteiger partial charge in [0.15, 0.2) is 0 Å². The molecule has 1 unspecified atom stereocenters. The highest BCUT2D eigenvalue weighted by atomic mass is 35.5. The molecule has 8 heteroatoms. The van der Waals surface area contributed by atoms with Crippen LogP contribution in [-0.4, -0.2) is 29.5 Å². The number of amides is 1. The van der Waals surface area contributed by atoms with E-state index < -0.39 is 23.8 Å². The van der Waals surface area contributed by atoms with Crippen molar-refractivity contribution in [3.63, 3.8) is 0 Å². The largest absolute Gasteiger partial charge is 0.416 e. The molecule has 1 amide bonds. The van der Waals surface area contributed by atoms with Crippen LogP contribution in [0, 0.1) is 0 Å². The number of hydrogen-bond donors (Lipinski definition) is 3. The molecule has 0 radical (unpaired) electrons. The number of hydrogen-bond acceptors (Lipinski definition) is 3. The van der Waals surface area contributed by atoms with Gasteiger partial charge in [0.1, 0.15) is 0 Å². The first-order valence-corrected chi connectivity index (χ1v) is 7.90. The van der Waals surface area contributed by atoms with Gasteiger partial charge in [-0.05, 0) is 30.3 Å². The SMILES string of the molecule is O=C(Nc1cccc(C(F)(F)F)c1)c1ccccc1NCC(O)CCl. The molecule has 0 saturated heterocycles. The van der Waals surface area contributed by atoms with E-state index in [-0.39, 0.29) is 23.7 Å². The molecule has 3 N–H and O–H groups in total. The van der Waals surface area contributed by atoms with Gasteiger partial charge in [-0.1, -0.05) is 18.2 Å². The predicted octanol–water partition coefficient (Wildman–Crippen LogP) is 3.97. The number of para-hydroxylation sites is 1. The Labute approximate surface area is 147 Å². The summed E-state index contributed by atoms with van der Waals surface area (Å²) in [5.41, 5.74) is -0.129. The minimum Gasteiger partial charge on any atom is -0.390 e. The highest BCUT2D eigenvalue weighted by Gasteiger charge is 2.30. The van der Waals surface area contributed by atoms with Crippen LogP contribution in [0.2, 0.25) is 0 Å². The number of aliphatic hydroxyl groups is 1. The van der Waals surface area contributed by atoms with Crippen LogP contribution in [0.25, 0.3) is 0 Å². The Morgan fingerprint density at radius 3 is 2.56 bits per heavy atom. The summed E-state index contributed by atoms with van der Waals surface area (Å²) < 4.78 is 38.2. The average molecular weight is 373 g/mol. The number of nitrogens with one attached hydrogen (secondary N) is 2. The number of rotatable bonds is 6. The van der Waals surface area contributed by atoms with E-state index in [1.807, 2.05) is 0 Å². The van der Waals surface area contributed by atoms with Gasteiger partial charge in [0.2, 0.25) is 0 Å². The van der Waals surface area contributed by atoms with E-state index in [4.69, 9.17) is 11.6 Å². The number of aliphatic hydroxyl groups excluding tert-OH is 1.